The molecule has 1 saturated carbocycles. The summed E-state index contributed by atoms with van der Waals surface area (Å²) in [6, 6.07) is 0. The summed E-state index contributed by atoms with van der Waals surface area (Å²) < 4.78 is 2.31. The molecule has 1 aromatic rings. The molecule has 0 saturated heterocycles. The van der Waals surface area contributed by atoms with E-state index in [1.807, 2.05) is 0 Å². The van der Waals surface area contributed by atoms with E-state index in [4.69, 9.17) is 5.10 Å². The summed E-state index contributed by atoms with van der Waals surface area (Å²) in [7, 11) is 0. The molecule has 0 atom stereocenters. The van der Waals surface area contributed by atoms with Gasteiger partial charge in [0.1, 0.15) is 0 Å². The lowest BCUT2D eigenvalue weighted by Gasteiger charge is -2.25. The monoisotopic (exact) mass is 277 g/mol. The van der Waals surface area contributed by atoms with Crippen molar-refractivity contribution >= 4 is 0 Å². The normalized spacial score (nSPS) is 15.8. The lowest BCUT2D eigenvalue weighted by atomic mass is 9.85. The molecule has 1 aromatic heterocycles. The number of nitrogens with zero attached hydrogens (tertiary/aromatic N) is 2. The Kier molecular flexibility index (Phi) is 5.64. The van der Waals surface area contributed by atoms with E-state index in [0.717, 1.165) is 38.4 Å². The summed E-state index contributed by atoms with van der Waals surface area (Å²) in [6.45, 7) is 12.2. The minimum absolute atomic E-state index is 0.704. The minimum Gasteiger partial charge on any atom is -0.312 e. The maximum Gasteiger partial charge on any atom is 0.0669 e. The average molecular weight is 277 g/mol. The topological polar surface area (TPSA) is 29.9 Å². The van der Waals surface area contributed by atoms with Crippen molar-refractivity contribution in [2.75, 3.05) is 6.54 Å². The highest BCUT2D eigenvalue weighted by atomic mass is 15.3. The number of aryl methyl sites for hydroxylation is 1. The van der Waals surface area contributed by atoms with Gasteiger partial charge in [0.2, 0.25) is 0 Å². The van der Waals surface area contributed by atoms with E-state index in [-0.39, 0.29) is 0 Å². The molecule has 1 heterocycles. The van der Waals surface area contributed by atoms with Crippen LogP contribution in [0.2, 0.25) is 0 Å². The van der Waals surface area contributed by atoms with Gasteiger partial charge < -0.3 is 5.32 Å². The Morgan fingerprint density at radius 3 is 2.50 bits per heavy atom. The third kappa shape index (κ3) is 3.63. The quantitative estimate of drug-likeness (QED) is 0.787. The number of nitrogens with one attached hydrogen (secondary N) is 1. The molecular formula is C17H31N3. The van der Waals surface area contributed by atoms with Crippen LogP contribution in [0.4, 0.5) is 0 Å². The largest absolute Gasteiger partial charge is 0.312 e. The van der Waals surface area contributed by atoms with Gasteiger partial charge in [0.15, 0.2) is 0 Å². The highest BCUT2D eigenvalue weighted by Crippen LogP contribution is 2.29. The van der Waals surface area contributed by atoms with Crippen molar-refractivity contribution in [3.05, 3.63) is 17.0 Å². The van der Waals surface area contributed by atoms with Crippen LogP contribution in [0.25, 0.3) is 0 Å². The summed E-state index contributed by atoms with van der Waals surface area (Å²) in [6.07, 6.45) is 6.34. The Labute approximate surface area is 124 Å². The Morgan fingerprint density at radius 1 is 1.25 bits per heavy atom. The van der Waals surface area contributed by atoms with Gasteiger partial charge in [0.25, 0.3) is 0 Å². The first-order valence-corrected chi connectivity index (χ1v) is 8.43. The molecule has 2 rings (SSSR count). The van der Waals surface area contributed by atoms with Crippen LogP contribution in [-0.2, 0) is 25.9 Å². The predicted octanol–water partition coefficient (Wildman–Crippen LogP) is 3.55. The highest BCUT2D eigenvalue weighted by Gasteiger charge is 2.22. The van der Waals surface area contributed by atoms with Crippen LogP contribution in [0.3, 0.4) is 0 Å². The molecular weight excluding hydrogens is 246 g/mol. The summed E-state index contributed by atoms with van der Waals surface area (Å²) >= 11 is 0. The van der Waals surface area contributed by atoms with Crippen molar-refractivity contribution in [2.45, 2.75) is 72.9 Å². The van der Waals surface area contributed by atoms with Gasteiger partial charge in [-0.2, -0.15) is 5.10 Å². The van der Waals surface area contributed by atoms with Gasteiger partial charge in [-0.25, -0.2) is 0 Å². The highest BCUT2D eigenvalue weighted by molar-refractivity contribution is 5.27. The second-order valence-electron chi connectivity index (χ2n) is 6.58. The molecule has 3 heteroatoms. The van der Waals surface area contributed by atoms with Crippen LogP contribution in [0.1, 0.15) is 63.9 Å². The van der Waals surface area contributed by atoms with Gasteiger partial charge >= 0.3 is 0 Å². The predicted molar refractivity (Wildman–Crippen MR) is 84.9 cm³/mol. The maximum absolute atomic E-state index is 4.90. The molecule has 0 unspecified atom stereocenters. The van der Waals surface area contributed by atoms with E-state index in [9.17, 15) is 0 Å². The van der Waals surface area contributed by atoms with Gasteiger partial charge in [-0.3, -0.25) is 4.68 Å². The van der Waals surface area contributed by atoms with Gasteiger partial charge in [0, 0.05) is 24.3 Å². The molecule has 20 heavy (non-hydrogen) atoms. The van der Waals surface area contributed by atoms with Gasteiger partial charge in [-0.15, -0.1) is 0 Å². The first-order chi connectivity index (χ1) is 9.65. The summed E-state index contributed by atoms with van der Waals surface area (Å²) in [5.74, 6) is 1.58. The standard InChI is InChI=1S/C17H31N3/c1-5-16-15(11-18-10-13(3)4)17(6-2)20(19-16)12-14-8-7-9-14/h13-14,18H,5-12H2,1-4H3. The molecule has 0 aromatic carbocycles. The lowest BCUT2D eigenvalue weighted by molar-refractivity contribution is 0.263. The molecule has 0 radical (unpaired) electrons. The molecule has 0 aliphatic heterocycles. The molecule has 1 aliphatic carbocycles. The van der Waals surface area contributed by atoms with Crippen molar-refractivity contribution in [1.82, 2.24) is 15.1 Å². The zero-order valence-corrected chi connectivity index (χ0v) is 13.7. The number of hydrogen-bond donors (Lipinski definition) is 1. The maximum atomic E-state index is 4.90. The molecule has 0 bridgehead atoms. The SMILES string of the molecule is CCc1nn(CC2CCC2)c(CC)c1CNCC(C)C. The Morgan fingerprint density at radius 2 is 2.00 bits per heavy atom. The molecule has 0 amide bonds. The first kappa shape index (κ1) is 15.6. The zero-order valence-electron chi connectivity index (χ0n) is 13.7. The summed E-state index contributed by atoms with van der Waals surface area (Å²) in [5, 5.41) is 8.49. The summed E-state index contributed by atoms with van der Waals surface area (Å²) in [5.41, 5.74) is 4.23. The van der Waals surface area contributed by atoms with Crippen molar-refractivity contribution in [2.24, 2.45) is 11.8 Å². The van der Waals surface area contributed by atoms with Crippen molar-refractivity contribution in [3.63, 3.8) is 0 Å². The summed E-state index contributed by atoms with van der Waals surface area (Å²) in [4.78, 5) is 0. The fourth-order valence-corrected chi connectivity index (χ4v) is 3.03. The second kappa shape index (κ2) is 7.26. The van der Waals surface area contributed by atoms with E-state index >= 15 is 0 Å². The minimum atomic E-state index is 0.704. The van der Waals surface area contributed by atoms with Gasteiger partial charge in [-0.1, -0.05) is 34.1 Å². The molecule has 1 N–H and O–H groups in total. The molecule has 1 fully saturated rings. The second-order valence-corrected chi connectivity index (χ2v) is 6.58. The number of aromatic nitrogens is 2. The van der Waals surface area contributed by atoms with E-state index in [0.29, 0.717) is 5.92 Å². The zero-order chi connectivity index (χ0) is 14.5. The molecule has 3 nitrogen and oxygen atoms in total. The molecule has 0 spiro atoms. The third-order valence-corrected chi connectivity index (χ3v) is 4.43. The Hall–Kier alpha value is -0.830. The lowest BCUT2D eigenvalue weighted by Crippen LogP contribution is -2.22. The Balaban J connectivity index is 2.10. The van der Waals surface area contributed by atoms with E-state index in [1.54, 1.807) is 0 Å². The fraction of sp³-hybridized carbons (Fsp3) is 0.824. The van der Waals surface area contributed by atoms with Gasteiger partial charge in [-0.05, 0) is 44.1 Å². The van der Waals surface area contributed by atoms with Crippen LogP contribution < -0.4 is 5.32 Å². The fourth-order valence-electron chi connectivity index (χ4n) is 3.03. The van der Waals surface area contributed by atoms with Crippen LogP contribution in [0.5, 0.6) is 0 Å². The van der Waals surface area contributed by atoms with E-state index < -0.39 is 0 Å². The van der Waals surface area contributed by atoms with Crippen LogP contribution in [-0.4, -0.2) is 16.3 Å². The number of rotatable bonds is 8. The average Bonchev–Trinajstić information content (AvgIpc) is 2.70. The Bertz CT molecular complexity index is 416. The van der Waals surface area contributed by atoms with Crippen molar-refractivity contribution in [1.29, 1.82) is 0 Å². The number of hydrogen-bond acceptors (Lipinski definition) is 2. The van der Waals surface area contributed by atoms with Crippen LogP contribution in [0.15, 0.2) is 0 Å². The first-order valence-electron chi connectivity index (χ1n) is 8.43. The van der Waals surface area contributed by atoms with E-state index in [1.165, 1.54) is 36.2 Å². The van der Waals surface area contributed by atoms with E-state index in [2.05, 4.69) is 37.7 Å². The molecule has 114 valence electrons. The third-order valence-electron chi connectivity index (χ3n) is 4.43. The van der Waals surface area contributed by atoms with Crippen molar-refractivity contribution < 1.29 is 0 Å². The molecule has 1 aliphatic rings. The van der Waals surface area contributed by atoms with Crippen LogP contribution in [0, 0.1) is 11.8 Å². The van der Waals surface area contributed by atoms with Gasteiger partial charge in [0.05, 0.1) is 5.69 Å². The van der Waals surface area contributed by atoms with Crippen LogP contribution >= 0.6 is 0 Å². The van der Waals surface area contributed by atoms with Crippen molar-refractivity contribution in [3.8, 4) is 0 Å². The smallest absolute Gasteiger partial charge is 0.0669 e.